The van der Waals surface area contributed by atoms with E-state index < -0.39 is 87.7 Å². The predicted octanol–water partition coefficient (Wildman–Crippen LogP) is 5.42. The van der Waals surface area contributed by atoms with Crippen molar-refractivity contribution in [2.24, 2.45) is 13.0 Å². The van der Waals surface area contributed by atoms with Crippen molar-refractivity contribution in [3.8, 4) is 11.6 Å². The van der Waals surface area contributed by atoms with E-state index in [0.29, 0.717) is 10.7 Å². The summed E-state index contributed by atoms with van der Waals surface area (Å²) in [5, 5.41) is 10.6. The Morgan fingerprint density at radius 1 is 1.09 bits per heavy atom. The molecule has 0 bridgehead atoms. The Labute approximate surface area is 322 Å². The van der Waals surface area contributed by atoms with Crippen LogP contribution in [-0.4, -0.2) is 61.8 Å². The van der Waals surface area contributed by atoms with Crippen LogP contribution in [0, 0.1) is 17.6 Å². The summed E-state index contributed by atoms with van der Waals surface area (Å²) in [6.45, 7) is -0.991. The number of alkyl halides is 4. The Morgan fingerprint density at radius 3 is 2.47 bits per heavy atom. The third-order valence-corrected chi connectivity index (χ3v) is 10.7. The normalized spacial score (nSPS) is 17.5. The SMILES string of the molecule is COc1ccc2c(=O)n(-c3ccc(Cl)c4c(NS(C)(=O)=O)nn(C)c34)c([C@H](Cc3cc(F)cc(F)c3)NC(=O)Cn3nc(C(F)F)c4c3C(F)(F)[C@@H]3C[C@H]43)nc2n1. The highest BCUT2D eigenvalue weighted by molar-refractivity contribution is 7.92. The molecule has 22 heteroatoms. The van der Waals surface area contributed by atoms with E-state index in [2.05, 4.69) is 30.2 Å². The number of fused-ring (bicyclic) bond motifs is 5. The molecule has 8 rings (SSSR count). The molecule has 57 heavy (non-hydrogen) atoms. The second kappa shape index (κ2) is 13.5. The van der Waals surface area contributed by atoms with Gasteiger partial charge < -0.3 is 10.1 Å². The van der Waals surface area contributed by atoms with Crippen molar-refractivity contribution in [1.29, 1.82) is 0 Å². The van der Waals surface area contributed by atoms with Crippen LogP contribution in [0.1, 0.15) is 53.1 Å². The number of rotatable bonds is 11. The summed E-state index contributed by atoms with van der Waals surface area (Å²) >= 11 is 6.56. The lowest BCUT2D eigenvalue weighted by Gasteiger charge is -2.24. The minimum atomic E-state index is -3.90. The Bertz CT molecular complexity index is 2830. The molecule has 298 valence electrons. The molecule has 2 aliphatic rings. The average Bonchev–Trinajstić information content (AvgIpc) is 3.66. The second-order valence-electron chi connectivity index (χ2n) is 13.8. The first-order valence-corrected chi connectivity index (χ1v) is 19.3. The highest BCUT2D eigenvalue weighted by Crippen LogP contribution is 2.68. The highest BCUT2D eigenvalue weighted by Gasteiger charge is 2.67. The van der Waals surface area contributed by atoms with E-state index in [1.807, 2.05) is 0 Å². The van der Waals surface area contributed by atoms with Gasteiger partial charge in [-0.15, -0.1) is 0 Å². The van der Waals surface area contributed by atoms with Crippen molar-refractivity contribution in [3.63, 3.8) is 0 Å². The van der Waals surface area contributed by atoms with E-state index in [1.54, 1.807) is 0 Å². The number of hydrogen-bond acceptors (Lipinski definition) is 9. The highest BCUT2D eigenvalue weighted by atomic mass is 35.5. The number of pyridine rings is 1. The van der Waals surface area contributed by atoms with Crippen molar-refractivity contribution in [3.05, 3.63) is 97.8 Å². The molecular formula is C35H28ClF6N9O5S. The first-order valence-electron chi connectivity index (χ1n) is 17.0. The van der Waals surface area contributed by atoms with Crippen molar-refractivity contribution >= 4 is 55.3 Å². The molecule has 2 N–H and O–H groups in total. The van der Waals surface area contributed by atoms with Gasteiger partial charge in [0.25, 0.3) is 17.9 Å². The van der Waals surface area contributed by atoms with Gasteiger partial charge in [-0.05, 0) is 48.2 Å². The van der Waals surface area contributed by atoms with Crippen LogP contribution in [0.25, 0.3) is 27.6 Å². The molecule has 2 aromatic carbocycles. The van der Waals surface area contributed by atoms with E-state index in [0.717, 1.165) is 23.0 Å². The molecule has 4 aromatic heterocycles. The monoisotopic (exact) mass is 835 g/mol. The third-order valence-electron chi connectivity index (χ3n) is 9.85. The Hall–Kier alpha value is -5.70. The number of aromatic nitrogens is 7. The Morgan fingerprint density at radius 2 is 1.81 bits per heavy atom. The Kier molecular flexibility index (Phi) is 9.02. The van der Waals surface area contributed by atoms with Gasteiger partial charge >= 0.3 is 0 Å². The first-order chi connectivity index (χ1) is 26.9. The van der Waals surface area contributed by atoms with Gasteiger partial charge in [-0.3, -0.25) is 28.2 Å². The lowest BCUT2D eigenvalue weighted by Crippen LogP contribution is -2.38. The summed E-state index contributed by atoms with van der Waals surface area (Å²) in [5.41, 5.74) is -2.92. The van der Waals surface area contributed by atoms with Crippen molar-refractivity contribution < 1.29 is 44.3 Å². The van der Waals surface area contributed by atoms with Crippen LogP contribution in [0.3, 0.4) is 0 Å². The van der Waals surface area contributed by atoms with Crippen LogP contribution in [0.4, 0.5) is 32.2 Å². The molecule has 0 unspecified atom stereocenters. The number of benzene rings is 2. The van der Waals surface area contributed by atoms with Gasteiger partial charge in [0.1, 0.15) is 35.4 Å². The number of sulfonamides is 1. The summed E-state index contributed by atoms with van der Waals surface area (Å²) in [5.74, 6) is -9.10. The summed E-state index contributed by atoms with van der Waals surface area (Å²) in [6.07, 6.45) is -2.80. The number of nitrogens with zero attached hydrogens (tertiary/aromatic N) is 7. The van der Waals surface area contributed by atoms with Gasteiger partial charge in [-0.1, -0.05) is 11.6 Å². The molecule has 1 amide bonds. The van der Waals surface area contributed by atoms with Crippen molar-refractivity contribution in [2.75, 3.05) is 18.1 Å². The maximum absolute atomic E-state index is 15.4. The van der Waals surface area contributed by atoms with Crippen LogP contribution in [0.15, 0.2) is 47.3 Å². The lowest BCUT2D eigenvalue weighted by molar-refractivity contribution is -0.123. The molecule has 0 spiro atoms. The predicted molar refractivity (Wildman–Crippen MR) is 192 cm³/mol. The minimum Gasteiger partial charge on any atom is -0.481 e. The zero-order valence-electron chi connectivity index (χ0n) is 29.7. The largest absolute Gasteiger partial charge is 0.481 e. The average molecular weight is 836 g/mol. The molecule has 1 fully saturated rings. The van der Waals surface area contributed by atoms with Gasteiger partial charge in [0, 0.05) is 37.1 Å². The van der Waals surface area contributed by atoms with Crippen LogP contribution < -0.4 is 20.3 Å². The molecule has 0 radical (unpaired) electrons. The molecule has 0 saturated heterocycles. The zero-order chi connectivity index (χ0) is 40.9. The molecule has 2 aliphatic carbocycles. The zero-order valence-corrected chi connectivity index (χ0v) is 31.3. The number of methoxy groups -OCH3 is 1. The van der Waals surface area contributed by atoms with Gasteiger partial charge in [-0.2, -0.15) is 24.0 Å². The minimum absolute atomic E-state index is 0.00565. The lowest BCUT2D eigenvalue weighted by atomic mass is 10.0. The second-order valence-corrected chi connectivity index (χ2v) is 15.9. The van der Waals surface area contributed by atoms with Crippen LogP contribution >= 0.6 is 11.6 Å². The fourth-order valence-corrected chi connectivity index (χ4v) is 8.29. The molecule has 0 aliphatic heterocycles. The number of aryl methyl sites for hydroxylation is 1. The molecule has 3 atom stereocenters. The standard InChI is InChI=1S/C35H28ClF6N9O5S/c1-49-28-22(6-5-20(36)26(28)32(47-49)48-57(3,54)55)51-33(45-31-17(34(51)53)4-7-24(44-31)56-2)21(10-14-8-15(37)11-16(38)9-14)43-23(52)13-50-29-25(27(46-50)30(39)40)18-12-19(18)35(29,41)42/h4-9,11,18-19,21,30H,10,12-13H2,1-3H3,(H,43,52)(H,47,48)/t18-,19+,21-/m0/s1. The van der Waals surface area contributed by atoms with E-state index in [-0.39, 0.29) is 67.7 Å². The van der Waals surface area contributed by atoms with Gasteiger partial charge in [0.2, 0.25) is 21.8 Å². The topological polar surface area (TPSA) is 168 Å². The van der Waals surface area contributed by atoms with Crippen LogP contribution in [0.2, 0.25) is 5.02 Å². The number of halogens is 7. The number of hydrogen-bond donors (Lipinski definition) is 2. The Balaban J connectivity index is 1.33. The van der Waals surface area contributed by atoms with Gasteiger partial charge in [0.15, 0.2) is 11.5 Å². The number of amides is 1. The van der Waals surface area contributed by atoms with Crippen molar-refractivity contribution in [2.45, 2.75) is 43.7 Å². The number of carbonyl (C=O) groups is 1. The van der Waals surface area contributed by atoms with E-state index in [4.69, 9.17) is 16.3 Å². The van der Waals surface area contributed by atoms with Crippen LogP contribution in [0.5, 0.6) is 5.88 Å². The van der Waals surface area contributed by atoms with Gasteiger partial charge in [-0.25, -0.2) is 31.0 Å². The quantitative estimate of drug-likeness (QED) is 0.162. The third kappa shape index (κ3) is 6.60. The fourth-order valence-electron chi connectivity index (χ4n) is 7.56. The fraction of sp³-hybridized carbons (Fsp3) is 0.314. The van der Waals surface area contributed by atoms with E-state index in [1.165, 1.54) is 43.1 Å². The summed E-state index contributed by atoms with van der Waals surface area (Å²) < 4.78 is 123. The maximum Gasteiger partial charge on any atom is 0.293 e. The molecular weight excluding hydrogens is 808 g/mol. The summed E-state index contributed by atoms with van der Waals surface area (Å²) in [7, 11) is -1.15. The number of nitrogens with one attached hydrogen (secondary N) is 2. The molecule has 6 aromatic rings. The summed E-state index contributed by atoms with van der Waals surface area (Å²) in [4.78, 5) is 37.5. The van der Waals surface area contributed by atoms with E-state index >= 15 is 8.78 Å². The smallest absolute Gasteiger partial charge is 0.293 e. The van der Waals surface area contributed by atoms with Crippen molar-refractivity contribution in [1.82, 2.24) is 39.4 Å². The molecule has 1 saturated carbocycles. The molecule has 14 nitrogen and oxygen atoms in total. The first kappa shape index (κ1) is 38.2. The number of anilines is 1. The molecule has 4 heterocycles. The number of ether oxygens (including phenoxy) is 1. The van der Waals surface area contributed by atoms with Crippen LogP contribution in [-0.2, 0) is 40.8 Å². The van der Waals surface area contributed by atoms with E-state index in [9.17, 15) is 35.6 Å². The maximum atomic E-state index is 15.4. The van der Waals surface area contributed by atoms with Gasteiger partial charge in [0.05, 0.1) is 46.4 Å². The number of carbonyl (C=O) groups excluding carboxylic acids is 1. The summed E-state index contributed by atoms with van der Waals surface area (Å²) in [6, 6.07) is 6.47.